The van der Waals surface area contributed by atoms with Crippen molar-refractivity contribution in [3.8, 4) is 17.5 Å². The topological polar surface area (TPSA) is 96.5 Å². The second-order valence-corrected chi connectivity index (χ2v) is 6.84. The number of pyridine rings is 1. The Kier molecular flexibility index (Phi) is 6.54. The first kappa shape index (κ1) is 19.3. The first-order chi connectivity index (χ1) is 13.7. The second-order valence-electron chi connectivity index (χ2n) is 5.78. The maximum Gasteiger partial charge on any atom is 0.225 e. The van der Waals surface area contributed by atoms with E-state index in [-0.39, 0.29) is 5.91 Å². The lowest BCUT2D eigenvalue weighted by Crippen LogP contribution is -2.12. The molecule has 3 rings (SSSR count). The van der Waals surface area contributed by atoms with Gasteiger partial charge in [0.15, 0.2) is 11.0 Å². The third kappa shape index (κ3) is 4.84. The number of thioether (sulfide) groups is 1. The van der Waals surface area contributed by atoms with Gasteiger partial charge in [0.2, 0.25) is 5.91 Å². The van der Waals surface area contributed by atoms with Gasteiger partial charge in [-0.3, -0.25) is 14.3 Å². The van der Waals surface area contributed by atoms with Crippen LogP contribution in [0.1, 0.15) is 12.0 Å². The normalized spacial score (nSPS) is 10.2. The molecule has 0 bridgehead atoms. The number of nitriles is 1. The molecule has 0 atom stereocenters. The van der Waals surface area contributed by atoms with Crippen molar-refractivity contribution in [2.75, 3.05) is 11.1 Å². The minimum atomic E-state index is -0.119. The first-order valence-electron chi connectivity index (χ1n) is 8.58. The summed E-state index contributed by atoms with van der Waals surface area (Å²) < 4.78 is 1.96. The molecule has 2 heterocycles. The van der Waals surface area contributed by atoms with Crippen LogP contribution in [0.2, 0.25) is 0 Å². The summed E-state index contributed by atoms with van der Waals surface area (Å²) in [6, 6.07) is 12.6. The van der Waals surface area contributed by atoms with Gasteiger partial charge in [-0.1, -0.05) is 23.9 Å². The van der Waals surface area contributed by atoms with Crippen molar-refractivity contribution in [1.29, 1.82) is 5.26 Å². The molecule has 0 spiro atoms. The number of aromatic nitrogens is 4. The lowest BCUT2D eigenvalue weighted by Gasteiger charge is -2.08. The lowest BCUT2D eigenvalue weighted by atomic mass is 10.2. The van der Waals surface area contributed by atoms with Crippen molar-refractivity contribution in [2.45, 2.75) is 18.1 Å². The van der Waals surface area contributed by atoms with Gasteiger partial charge in [0.1, 0.15) is 0 Å². The van der Waals surface area contributed by atoms with Crippen LogP contribution in [0.3, 0.4) is 0 Å². The van der Waals surface area contributed by atoms with Crippen LogP contribution < -0.4 is 5.32 Å². The Morgan fingerprint density at radius 3 is 2.86 bits per heavy atom. The van der Waals surface area contributed by atoms with E-state index in [4.69, 9.17) is 5.26 Å². The van der Waals surface area contributed by atoms with Crippen LogP contribution in [-0.2, 0) is 11.3 Å². The second kappa shape index (κ2) is 9.48. The van der Waals surface area contributed by atoms with Crippen LogP contribution in [0.15, 0.2) is 66.6 Å². The van der Waals surface area contributed by atoms with Crippen LogP contribution in [-0.4, -0.2) is 31.4 Å². The van der Waals surface area contributed by atoms with Gasteiger partial charge < -0.3 is 5.32 Å². The zero-order valence-corrected chi connectivity index (χ0v) is 15.9. The summed E-state index contributed by atoms with van der Waals surface area (Å²) in [5.74, 6) is 1.17. The van der Waals surface area contributed by atoms with E-state index in [1.54, 1.807) is 42.7 Å². The van der Waals surface area contributed by atoms with Crippen LogP contribution in [0.25, 0.3) is 11.4 Å². The summed E-state index contributed by atoms with van der Waals surface area (Å²) >= 11 is 1.46. The van der Waals surface area contributed by atoms with Gasteiger partial charge >= 0.3 is 0 Å². The molecule has 0 aliphatic carbocycles. The van der Waals surface area contributed by atoms with E-state index in [1.165, 1.54) is 11.8 Å². The smallest absolute Gasteiger partial charge is 0.225 e. The Labute approximate surface area is 167 Å². The highest BCUT2D eigenvalue weighted by atomic mass is 32.2. The molecule has 1 amide bonds. The summed E-state index contributed by atoms with van der Waals surface area (Å²) in [7, 11) is 0. The molecule has 1 N–H and O–H groups in total. The Hall–Kier alpha value is -3.44. The van der Waals surface area contributed by atoms with E-state index in [0.717, 1.165) is 16.5 Å². The molecule has 7 nitrogen and oxygen atoms in total. The molecule has 140 valence electrons. The molecule has 28 heavy (non-hydrogen) atoms. The number of nitrogens with zero attached hydrogens (tertiary/aromatic N) is 5. The van der Waals surface area contributed by atoms with Crippen molar-refractivity contribution in [1.82, 2.24) is 19.7 Å². The van der Waals surface area contributed by atoms with Crippen LogP contribution in [0.4, 0.5) is 5.69 Å². The van der Waals surface area contributed by atoms with Gasteiger partial charge in [0.25, 0.3) is 0 Å². The lowest BCUT2D eigenvalue weighted by molar-refractivity contribution is -0.115. The number of hydrogen-bond donors (Lipinski definition) is 1. The molecule has 8 heteroatoms. The molecule has 0 fully saturated rings. The Bertz CT molecular complexity index is 1010. The molecule has 0 radical (unpaired) electrons. The standard InChI is InChI=1S/C20H18N6OS/c1-2-11-26-19(16-6-9-22-10-7-16)24-25-20(26)28-12-8-18(27)23-17-5-3-4-15(13-17)14-21/h2-7,9-10,13H,1,8,11-12H2,(H,23,27). The molecule has 0 unspecified atom stereocenters. The van der Waals surface area contributed by atoms with Crippen LogP contribution in [0.5, 0.6) is 0 Å². The molecule has 2 aromatic heterocycles. The maximum absolute atomic E-state index is 12.2. The zero-order chi connectivity index (χ0) is 19.8. The van der Waals surface area contributed by atoms with Crippen LogP contribution >= 0.6 is 11.8 Å². The summed E-state index contributed by atoms with van der Waals surface area (Å²) in [5, 5.41) is 21.0. The van der Waals surface area contributed by atoms with Crippen molar-refractivity contribution < 1.29 is 4.79 Å². The van der Waals surface area contributed by atoms with E-state index in [1.807, 2.05) is 16.7 Å². The fraction of sp³-hybridized carbons (Fsp3) is 0.150. The Morgan fingerprint density at radius 2 is 2.11 bits per heavy atom. The number of carbonyl (C=O) groups excluding carboxylic acids is 1. The van der Waals surface area contributed by atoms with Gasteiger partial charge in [-0.15, -0.1) is 16.8 Å². The number of anilines is 1. The summed E-state index contributed by atoms with van der Waals surface area (Å²) in [4.78, 5) is 16.2. The highest BCUT2D eigenvalue weighted by molar-refractivity contribution is 7.99. The van der Waals surface area contributed by atoms with Gasteiger partial charge in [-0.25, -0.2) is 0 Å². The number of benzene rings is 1. The molecule has 0 aliphatic heterocycles. The number of nitrogens with one attached hydrogen (secondary N) is 1. The van der Waals surface area contributed by atoms with E-state index in [9.17, 15) is 4.79 Å². The SMILES string of the molecule is C=CCn1c(SCCC(=O)Nc2cccc(C#N)c2)nnc1-c1ccncc1. The fourth-order valence-electron chi connectivity index (χ4n) is 2.53. The average molecular weight is 390 g/mol. The third-order valence-corrected chi connectivity index (χ3v) is 4.77. The highest BCUT2D eigenvalue weighted by Crippen LogP contribution is 2.24. The number of carbonyl (C=O) groups is 1. The van der Waals surface area contributed by atoms with E-state index >= 15 is 0 Å². The van der Waals surface area contributed by atoms with Gasteiger partial charge in [-0.2, -0.15) is 5.26 Å². The highest BCUT2D eigenvalue weighted by Gasteiger charge is 2.14. The Balaban J connectivity index is 1.61. The monoisotopic (exact) mass is 390 g/mol. The zero-order valence-electron chi connectivity index (χ0n) is 15.1. The van der Waals surface area contributed by atoms with Gasteiger partial charge in [0.05, 0.1) is 11.6 Å². The largest absolute Gasteiger partial charge is 0.326 e. The summed E-state index contributed by atoms with van der Waals surface area (Å²) in [5.41, 5.74) is 2.04. The molecular formula is C20H18N6OS. The average Bonchev–Trinajstić information content (AvgIpc) is 3.12. The molecule has 0 saturated carbocycles. The molecule has 0 saturated heterocycles. The third-order valence-electron chi connectivity index (χ3n) is 3.80. The number of allylic oxidation sites excluding steroid dienone is 1. The fourth-order valence-corrected chi connectivity index (χ4v) is 3.41. The quantitative estimate of drug-likeness (QED) is 0.467. The predicted molar refractivity (Wildman–Crippen MR) is 109 cm³/mol. The van der Waals surface area contributed by atoms with Crippen molar-refractivity contribution in [2.24, 2.45) is 0 Å². The molecular weight excluding hydrogens is 372 g/mol. The number of amides is 1. The number of rotatable bonds is 8. The molecule has 0 aliphatic rings. The molecule has 1 aromatic carbocycles. The Morgan fingerprint density at radius 1 is 1.29 bits per heavy atom. The van der Waals surface area contributed by atoms with E-state index in [2.05, 4.69) is 33.1 Å². The predicted octanol–water partition coefficient (Wildman–Crippen LogP) is 3.52. The van der Waals surface area contributed by atoms with Crippen molar-refractivity contribution >= 4 is 23.4 Å². The van der Waals surface area contributed by atoms with Crippen molar-refractivity contribution in [3.63, 3.8) is 0 Å². The van der Waals surface area contributed by atoms with Gasteiger partial charge in [-0.05, 0) is 30.3 Å². The molecule has 3 aromatic rings. The van der Waals surface area contributed by atoms with Crippen molar-refractivity contribution in [3.05, 3.63) is 67.0 Å². The minimum Gasteiger partial charge on any atom is -0.326 e. The summed E-state index contributed by atoms with van der Waals surface area (Å²) in [6.45, 7) is 4.37. The van der Waals surface area contributed by atoms with E-state index in [0.29, 0.717) is 30.0 Å². The van der Waals surface area contributed by atoms with Crippen LogP contribution in [0, 0.1) is 11.3 Å². The maximum atomic E-state index is 12.2. The number of hydrogen-bond acceptors (Lipinski definition) is 6. The first-order valence-corrected chi connectivity index (χ1v) is 9.57. The van der Waals surface area contributed by atoms with Gasteiger partial charge in [0, 0.05) is 42.4 Å². The minimum absolute atomic E-state index is 0.119. The van der Waals surface area contributed by atoms with E-state index < -0.39 is 0 Å². The summed E-state index contributed by atoms with van der Waals surface area (Å²) in [6.07, 6.45) is 5.52.